The minimum atomic E-state index is -0.592. The van der Waals surface area contributed by atoms with Gasteiger partial charge >= 0.3 is 0 Å². The van der Waals surface area contributed by atoms with Crippen molar-refractivity contribution in [3.8, 4) is 28.3 Å². The van der Waals surface area contributed by atoms with E-state index in [2.05, 4.69) is 5.10 Å². The second-order valence-corrected chi connectivity index (χ2v) is 8.44. The summed E-state index contributed by atoms with van der Waals surface area (Å²) in [7, 11) is 1.87. The first kappa shape index (κ1) is 20.9. The van der Waals surface area contributed by atoms with Crippen LogP contribution < -0.4 is 5.73 Å². The third-order valence-electron chi connectivity index (χ3n) is 6.11. The van der Waals surface area contributed by atoms with Gasteiger partial charge in [0.25, 0.3) is 5.91 Å². The van der Waals surface area contributed by atoms with Crippen molar-refractivity contribution in [3.05, 3.63) is 77.7 Å². The van der Waals surface area contributed by atoms with Crippen LogP contribution in [-0.2, 0) is 7.05 Å². The number of halogens is 1. The van der Waals surface area contributed by atoms with Crippen LogP contribution in [-0.4, -0.2) is 39.7 Å². The maximum Gasteiger partial charge on any atom is 0.253 e. The summed E-state index contributed by atoms with van der Waals surface area (Å²) in [6.45, 7) is 1.15. The summed E-state index contributed by atoms with van der Waals surface area (Å²) < 4.78 is 16.3. The van der Waals surface area contributed by atoms with Crippen molar-refractivity contribution in [2.75, 3.05) is 13.1 Å². The highest BCUT2D eigenvalue weighted by atomic mass is 19.1. The summed E-state index contributed by atoms with van der Waals surface area (Å²) in [5.74, 6) is -0.682. The Labute approximate surface area is 190 Å². The van der Waals surface area contributed by atoms with Crippen molar-refractivity contribution >= 4 is 16.8 Å². The van der Waals surface area contributed by atoms with Crippen molar-refractivity contribution in [2.24, 2.45) is 12.8 Å². The van der Waals surface area contributed by atoms with Crippen molar-refractivity contribution in [2.45, 2.75) is 12.5 Å². The van der Waals surface area contributed by atoms with E-state index in [1.807, 2.05) is 43.6 Å². The van der Waals surface area contributed by atoms with Gasteiger partial charge in [0.1, 0.15) is 11.9 Å². The van der Waals surface area contributed by atoms with Crippen LogP contribution in [0.25, 0.3) is 33.2 Å². The molecule has 2 heterocycles. The van der Waals surface area contributed by atoms with Gasteiger partial charge < -0.3 is 10.6 Å². The molecule has 0 bridgehead atoms. The van der Waals surface area contributed by atoms with Gasteiger partial charge in [-0.15, -0.1) is 0 Å². The molecule has 33 heavy (non-hydrogen) atoms. The Hall–Kier alpha value is -4.02. The van der Waals surface area contributed by atoms with Crippen LogP contribution in [0.4, 0.5) is 4.39 Å². The first-order valence-electron chi connectivity index (χ1n) is 10.8. The number of amides is 1. The molecule has 5 rings (SSSR count). The zero-order valence-electron chi connectivity index (χ0n) is 18.1. The van der Waals surface area contributed by atoms with E-state index < -0.39 is 5.82 Å². The standard InChI is InChI=1S/C26H22FN5O/c1-31-14-20-10-16(5-7-25(20)30-31)22-6-4-18(26(33)32-9-8-21(29)15-32)11-23(22)17-2-3-19(13-28)24(27)12-17/h2-7,10-12,14,21H,8-9,15,29H2,1H3/t21-/m0/s1. The number of benzene rings is 3. The lowest BCUT2D eigenvalue weighted by molar-refractivity contribution is 0.0791. The highest BCUT2D eigenvalue weighted by Crippen LogP contribution is 2.35. The maximum atomic E-state index is 14.5. The Balaban J connectivity index is 1.65. The van der Waals surface area contributed by atoms with Crippen LogP contribution in [0.5, 0.6) is 0 Å². The Morgan fingerprint density at radius 1 is 1.12 bits per heavy atom. The van der Waals surface area contributed by atoms with Gasteiger partial charge in [0.05, 0.1) is 11.1 Å². The quantitative estimate of drug-likeness (QED) is 0.521. The van der Waals surface area contributed by atoms with Gasteiger partial charge in [-0.05, 0) is 65.1 Å². The fourth-order valence-corrected chi connectivity index (χ4v) is 4.41. The number of likely N-dealkylation sites (tertiary alicyclic amines) is 1. The Morgan fingerprint density at radius 3 is 2.64 bits per heavy atom. The largest absolute Gasteiger partial charge is 0.337 e. The van der Waals surface area contributed by atoms with E-state index >= 15 is 0 Å². The molecule has 164 valence electrons. The molecular weight excluding hydrogens is 417 g/mol. The number of nitrogens with two attached hydrogens (primary N) is 1. The fraction of sp³-hybridized carbons (Fsp3) is 0.192. The van der Waals surface area contributed by atoms with Crippen LogP contribution in [0.3, 0.4) is 0 Å². The van der Waals surface area contributed by atoms with Crippen LogP contribution in [0.1, 0.15) is 22.3 Å². The molecule has 1 aliphatic rings. The smallest absolute Gasteiger partial charge is 0.253 e. The Morgan fingerprint density at radius 2 is 1.91 bits per heavy atom. The molecule has 0 spiro atoms. The third kappa shape index (κ3) is 3.86. The van der Waals surface area contributed by atoms with Crippen LogP contribution >= 0.6 is 0 Å². The fourth-order valence-electron chi connectivity index (χ4n) is 4.41. The van der Waals surface area contributed by atoms with Crippen LogP contribution in [0, 0.1) is 17.1 Å². The van der Waals surface area contributed by atoms with Crippen molar-refractivity contribution in [1.29, 1.82) is 5.26 Å². The van der Waals surface area contributed by atoms with E-state index in [-0.39, 0.29) is 17.5 Å². The number of rotatable bonds is 3. The van der Waals surface area contributed by atoms with Crippen molar-refractivity contribution in [3.63, 3.8) is 0 Å². The lowest BCUT2D eigenvalue weighted by Gasteiger charge is -2.18. The number of carbonyl (C=O) groups excluding carboxylic acids is 1. The van der Waals surface area contributed by atoms with Gasteiger partial charge in [-0.25, -0.2) is 4.39 Å². The topological polar surface area (TPSA) is 87.9 Å². The van der Waals surface area contributed by atoms with Crippen molar-refractivity contribution in [1.82, 2.24) is 14.7 Å². The highest BCUT2D eigenvalue weighted by Gasteiger charge is 2.25. The molecule has 0 unspecified atom stereocenters. The third-order valence-corrected chi connectivity index (χ3v) is 6.11. The first-order valence-corrected chi connectivity index (χ1v) is 10.8. The monoisotopic (exact) mass is 439 g/mol. The summed E-state index contributed by atoms with van der Waals surface area (Å²) in [5, 5.41) is 14.5. The average Bonchev–Trinajstić information content (AvgIpc) is 3.42. The van der Waals surface area contributed by atoms with Crippen molar-refractivity contribution < 1.29 is 9.18 Å². The van der Waals surface area contributed by atoms with E-state index in [1.165, 1.54) is 12.1 Å². The summed E-state index contributed by atoms with van der Waals surface area (Å²) in [5.41, 5.74) is 10.5. The second kappa shape index (κ2) is 8.15. The lowest BCUT2D eigenvalue weighted by atomic mass is 9.91. The van der Waals surface area contributed by atoms with Crippen LogP contribution in [0.15, 0.2) is 60.8 Å². The number of fused-ring (bicyclic) bond motifs is 1. The SMILES string of the molecule is Cn1cc2cc(-c3ccc(C(=O)N4CC[C@H](N)C4)cc3-c3ccc(C#N)c(F)c3)ccc2n1. The Bertz CT molecular complexity index is 1430. The molecule has 1 aliphatic heterocycles. The number of carbonyl (C=O) groups is 1. The maximum absolute atomic E-state index is 14.5. The molecule has 6 nitrogen and oxygen atoms in total. The first-order chi connectivity index (χ1) is 15.9. The molecule has 3 aromatic carbocycles. The predicted octanol–water partition coefficient (Wildman–Crippen LogP) is 4.09. The zero-order valence-corrected chi connectivity index (χ0v) is 18.1. The molecule has 2 N–H and O–H groups in total. The number of aromatic nitrogens is 2. The molecule has 1 aromatic heterocycles. The number of aryl methyl sites for hydroxylation is 1. The summed E-state index contributed by atoms with van der Waals surface area (Å²) in [4.78, 5) is 14.9. The van der Waals surface area contributed by atoms with Gasteiger partial charge in [-0.2, -0.15) is 10.4 Å². The van der Waals surface area contributed by atoms with E-state index in [4.69, 9.17) is 11.0 Å². The molecule has 0 aliphatic carbocycles. The van der Waals surface area contributed by atoms with Crippen LogP contribution in [0.2, 0.25) is 0 Å². The molecule has 1 saturated heterocycles. The molecular formula is C26H22FN5O. The van der Waals surface area contributed by atoms with E-state index in [0.29, 0.717) is 24.2 Å². The number of nitrogens with zero attached hydrogens (tertiary/aromatic N) is 4. The van der Waals surface area contributed by atoms with Gasteiger partial charge in [0, 0.05) is 43.3 Å². The predicted molar refractivity (Wildman–Crippen MR) is 125 cm³/mol. The summed E-state index contributed by atoms with van der Waals surface area (Å²) in [6.07, 6.45) is 2.72. The van der Waals surface area contributed by atoms with Gasteiger partial charge in [0.2, 0.25) is 0 Å². The van der Waals surface area contributed by atoms with E-state index in [0.717, 1.165) is 34.0 Å². The van der Waals surface area contributed by atoms with E-state index in [1.54, 1.807) is 27.8 Å². The summed E-state index contributed by atoms with van der Waals surface area (Å²) >= 11 is 0. The minimum Gasteiger partial charge on any atom is -0.337 e. The van der Waals surface area contributed by atoms with Gasteiger partial charge in [0.15, 0.2) is 0 Å². The number of hydrogen-bond acceptors (Lipinski definition) is 4. The van der Waals surface area contributed by atoms with E-state index in [9.17, 15) is 9.18 Å². The molecule has 0 radical (unpaired) electrons. The Kier molecular flexibility index (Phi) is 5.15. The highest BCUT2D eigenvalue weighted by molar-refractivity contribution is 5.98. The molecule has 0 saturated carbocycles. The normalized spacial score (nSPS) is 15.7. The van der Waals surface area contributed by atoms with Gasteiger partial charge in [-0.1, -0.05) is 18.2 Å². The molecule has 4 aromatic rings. The average molecular weight is 439 g/mol. The number of nitriles is 1. The minimum absolute atomic E-state index is 0.00785. The van der Waals surface area contributed by atoms with Gasteiger partial charge in [-0.3, -0.25) is 9.48 Å². The molecule has 1 fully saturated rings. The molecule has 1 atom stereocenters. The summed E-state index contributed by atoms with van der Waals surface area (Å²) in [6, 6.07) is 17.8. The number of hydrogen-bond donors (Lipinski definition) is 1. The lowest BCUT2D eigenvalue weighted by Crippen LogP contribution is -2.31. The molecule has 1 amide bonds. The molecule has 7 heteroatoms. The zero-order chi connectivity index (χ0) is 23.1. The second-order valence-electron chi connectivity index (χ2n) is 8.44.